The van der Waals surface area contributed by atoms with Crippen molar-refractivity contribution in [3.8, 4) is 0 Å². The highest BCUT2D eigenvalue weighted by Gasteiger charge is 2.18. The van der Waals surface area contributed by atoms with Gasteiger partial charge < -0.3 is 0 Å². The van der Waals surface area contributed by atoms with E-state index in [0.29, 0.717) is 0 Å². The van der Waals surface area contributed by atoms with Gasteiger partial charge in [-0.1, -0.05) is 0 Å². The predicted molar refractivity (Wildman–Crippen MR) is 59.1 cm³/mol. The van der Waals surface area contributed by atoms with E-state index < -0.39 is 10.0 Å². The third-order valence-electron chi connectivity index (χ3n) is 2.83. The summed E-state index contributed by atoms with van der Waals surface area (Å²) in [4.78, 5) is 2.28. The second kappa shape index (κ2) is 4.15. The molecule has 0 saturated carbocycles. The Labute approximate surface area is 95.1 Å². The van der Waals surface area contributed by atoms with Crippen LogP contribution in [0.1, 0.15) is 18.5 Å². The molecule has 1 saturated heterocycles. The van der Waals surface area contributed by atoms with Crippen LogP contribution in [-0.2, 0) is 23.6 Å². The van der Waals surface area contributed by atoms with Crippen molar-refractivity contribution in [2.24, 2.45) is 12.2 Å². The van der Waals surface area contributed by atoms with E-state index in [-0.39, 0.29) is 5.03 Å². The number of primary sulfonamides is 1. The summed E-state index contributed by atoms with van der Waals surface area (Å²) >= 11 is 0. The highest BCUT2D eigenvalue weighted by atomic mass is 32.2. The maximum atomic E-state index is 11.1. The first-order chi connectivity index (χ1) is 7.47. The average Bonchev–Trinajstić information content (AvgIpc) is 2.76. The second-order valence-corrected chi connectivity index (χ2v) is 5.63. The van der Waals surface area contributed by atoms with Gasteiger partial charge in [-0.3, -0.25) is 9.58 Å². The van der Waals surface area contributed by atoms with Crippen LogP contribution in [0.3, 0.4) is 0 Å². The van der Waals surface area contributed by atoms with Crippen molar-refractivity contribution in [2.75, 3.05) is 13.1 Å². The minimum atomic E-state index is -3.69. The molecule has 0 spiro atoms. The molecule has 6 nitrogen and oxygen atoms in total. The molecule has 16 heavy (non-hydrogen) atoms. The van der Waals surface area contributed by atoms with Crippen LogP contribution in [0.2, 0.25) is 0 Å². The Morgan fingerprint density at radius 1 is 1.44 bits per heavy atom. The number of hydrogen-bond donors (Lipinski definition) is 1. The molecule has 0 radical (unpaired) electrons. The van der Waals surface area contributed by atoms with Gasteiger partial charge in [-0.25, -0.2) is 13.6 Å². The van der Waals surface area contributed by atoms with E-state index >= 15 is 0 Å². The summed E-state index contributed by atoms with van der Waals surface area (Å²) in [7, 11) is -1.95. The van der Waals surface area contributed by atoms with Gasteiger partial charge in [0.15, 0.2) is 5.03 Å². The standard InChI is InChI=1S/C9H16N4O2S/c1-12-8(7-13-4-2-3-5-13)6-9(11-12)16(10,14)15/h6H,2-5,7H2,1H3,(H2,10,14,15). The van der Waals surface area contributed by atoms with Gasteiger partial charge >= 0.3 is 0 Å². The summed E-state index contributed by atoms with van der Waals surface area (Å²) in [5, 5.41) is 8.88. The van der Waals surface area contributed by atoms with Gasteiger partial charge in [-0.2, -0.15) is 5.10 Å². The van der Waals surface area contributed by atoms with Gasteiger partial charge in [-0.05, 0) is 25.9 Å². The molecule has 0 unspecified atom stereocenters. The minimum absolute atomic E-state index is 0.0517. The third kappa shape index (κ3) is 2.42. The van der Waals surface area contributed by atoms with Crippen molar-refractivity contribution >= 4 is 10.0 Å². The molecule has 0 atom stereocenters. The van der Waals surface area contributed by atoms with Crippen molar-refractivity contribution in [1.82, 2.24) is 14.7 Å². The summed E-state index contributed by atoms with van der Waals surface area (Å²) in [6, 6.07) is 1.55. The average molecular weight is 244 g/mol. The normalized spacial score (nSPS) is 18.1. The molecule has 1 aliphatic heterocycles. The van der Waals surface area contributed by atoms with Crippen molar-refractivity contribution in [1.29, 1.82) is 0 Å². The quantitative estimate of drug-likeness (QED) is 0.789. The van der Waals surface area contributed by atoms with Crippen molar-refractivity contribution in [2.45, 2.75) is 24.4 Å². The zero-order valence-electron chi connectivity index (χ0n) is 9.26. The van der Waals surface area contributed by atoms with Gasteiger partial charge in [0.05, 0.1) is 5.69 Å². The molecular weight excluding hydrogens is 228 g/mol. The lowest BCUT2D eigenvalue weighted by molar-refractivity contribution is 0.321. The fourth-order valence-electron chi connectivity index (χ4n) is 1.93. The van der Waals surface area contributed by atoms with Crippen LogP contribution in [0.4, 0.5) is 0 Å². The maximum Gasteiger partial charge on any atom is 0.257 e. The lowest BCUT2D eigenvalue weighted by atomic mass is 10.4. The molecule has 2 rings (SSSR count). The zero-order chi connectivity index (χ0) is 11.8. The van der Waals surface area contributed by atoms with E-state index in [1.807, 2.05) is 0 Å². The number of nitrogens with zero attached hydrogens (tertiary/aromatic N) is 3. The van der Waals surface area contributed by atoms with E-state index in [4.69, 9.17) is 5.14 Å². The van der Waals surface area contributed by atoms with Crippen LogP contribution < -0.4 is 5.14 Å². The number of likely N-dealkylation sites (tertiary alicyclic amines) is 1. The number of rotatable bonds is 3. The van der Waals surface area contributed by atoms with E-state index in [9.17, 15) is 8.42 Å². The molecule has 1 fully saturated rings. The Morgan fingerprint density at radius 3 is 2.56 bits per heavy atom. The molecule has 0 aromatic carbocycles. The monoisotopic (exact) mass is 244 g/mol. The van der Waals surface area contributed by atoms with Gasteiger partial charge in [0.1, 0.15) is 0 Å². The Balaban J connectivity index is 2.18. The summed E-state index contributed by atoms with van der Waals surface area (Å²) in [5.41, 5.74) is 0.880. The molecular formula is C9H16N4O2S. The Kier molecular flexibility index (Phi) is 3.00. The van der Waals surface area contributed by atoms with Crippen molar-refractivity contribution in [3.63, 3.8) is 0 Å². The molecule has 1 aromatic heterocycles. The van der Waals surface area contributed by atoms with Crippen LogP contribution in [0.5, 0.6) is 0 Å². The number of nitrogens with two attached hydrogens (primary N) is 1. The Hall–Kier alpha value is -0.920. The summed E-state index contributed by atoms with van der Waals surface area (Å²) in [6.07, 6.45) is 2.42. The summed E-state index contributed by atoms with van der Waals surface area (Å²) in [5.74, 6) is 0. The summed E-state index contributed by atoms with van der Waals surface area (Å²) < 4.78 is 23.8. The smallest absolute Gasteiger partial charge is 0.257 e. The molecule has 7 heteroatoms. The van der Waals surface area contributed by atoms with Gasteiger partial charge in [-0.15, -0.1) is 0 Å². The molecule has 0 bridgehead atoms. The third-order valence-corrected chi connectivity index (χ3v) is 3.61. The Morgan fingerprint density at radius 2 is 2.06 bits per heavy atom. The van der Waals surface area contributed by atoms with E-state index in [1.165, 1.54) is 12.8 Å². The first-order valence-corrected chi connectivity index (χ1v) is 6.79. The topological polar surface area (TPSA) is 81.2 Å². The van der Waals surface area contributed by atoms with E-state index in [0.717, 1.165) is 25.3 Å². The number of aryl methyl sites for hydroxylation is 1. The zero-order valence-corrected chi connectivity index (χ0v) is 10.1. The van der Waals surface area contributed by atoms with Crippen LogP contribution in [-0.4, -0.2) is 36.2 Å². The fourth-order valence-corrected chi connectivity index (χ4v) is 2.47. The van der Waals surface area contributed by atoms with Gasteiger partial charge in [0.2, 0.25) is 0 Å². The second-order valence-electron chi connectivity index (χ2n) is 4.13. The lowest BCUT2D eigenvalue weighted by Gasteiger charge is -2.13. The predicted octanol–water partition coefficient (Wildman–Crippen LogP) is -0.337. The van der Waals surface area contributed by atoms with Crippen molar-refractivity contribution in [3.05, 3.63) is 11.8 Å². The largest absolute Gasteiger partial charge is 0.298 e. The highest BCUT2D eigenvalue weighted by Crippen LogP contribution is 2.14. The molecule has 2 N–H and O–H groups in total. The molecule has 1 aliphatic rings. The molecule has 0 aliphatic carbocycles. The number of aromatic nitrogens is 2. The van der Waals surface area contributed by atoms with Gasteiger partial charge in [0.25, 0.3) is 10.0 Å². The van der Waals surface area contributed by atoms with Crippen molar-refractivity contribution < 1.29 is 8.42 Å². The molecule has 1 aromatic rings. The lowest BCUT2D eigenvalue weighted by Crippen LogP contribution is -2.20. The minimum Gasteiger partial charge on any atom is -0.298 e. The number of hydrogen-bond acceptors (Lipinski definition) is 4. The molecule has 0 amide bonds. The first-order valence-electron chi connectivity index (χ1n) is 5.25. The van der Waals surface area contributed by atoms with E-state index in [2.05, 4.69) is 10.00 Å². The Bertz CT molecular complexity index is 474. The molecule has 90 valence electrons. The van der Waals surface area contributed by atoms with Crippen LogP contribution in [0.25, 0.3) is 0 Å². The fraction of sp³-hybridized carbons (Fsp3) is 0.667. The molecule has 2 heterocycles. The van der Waals surface area contributed by atoms with Crippen LogP contribution in [0, 0.1) is 0 Å². The van der Waals surface area contributed by atoms with E-state index in [1.54, 1.807) is 17.8 Å². The van der Waals surface area contributed by atoms with Crippen LogP contribution >= 0.6 is 0 Å². The summed E-state index contributed by atoms with van der Waals surface area (Å²) in [6.45, 7) is 2.87. The SMILES string of the molecule is Cn1nc(S(N)(=O)=O)cc1CN1CCCC1. The highest BCUT2D eigenvalue weighted by molar-refractivity contribution is 7.89. The maximum absolute atomic E-state index is 11.1. The van der Waals surface area contributed by atoms with Gasteiger partial charge in [0, 0.05) is 19.7 Å². The van der Waals surface area contributed by atoms with Crippen LogP contribution in [0.15, 0.2) is 11.1 Å². The first kappa shape index (κ1) is 11.6. The number of sulfonamides is 1.